The van der Waals surface area contributed by atoms with Crippen molar-refractivity contribution >= 4 is 34.1 Å². The molecule has 186 valence electrons. The summed E-state index contributed by atoms with van der Waals surface area (Å²) in [6, 6.07) is 7.26. The topological polar surface area (TPSA) is 125 Å². The number of para-hydroxylation sites is 1. The molecule has 0 radical (unpaired) electrons. The zero-order valence-corrected chi connectivity index (χ0v) is 20.4. The Morgan fingerprint density at radius 1 is 1.26 bits per heavy atom. The summed E-state index contributed by atoms with van der Waals surface area (Å²) >= 11 is 0. The molecule has 1 aromatic carbocycles. The molecule has 1 aromatic heterocycles. The van der Waals surface area contributed by atoms with Gasteiger partial charge in [-0.05, 0) is 43.7 Å². The number of alkyl carbamates (subject to hydrolysis) is 1. The Morgan fingerprint density at radius 2 is 2.03 bits per heavy atom. The first-order valence-electron chi connectivity index (χ1n) is 12.1. The van der Waals surface area contributed by atoms with Crippen LogP contribution in [-0.4, -0.2) is 69.2 Å². The molecule has 3 N–H and O–H groups in total. The van der Waals surface area contributed by atoms with Crippen LogP contribution >= 0.6 is 0 Å². The summed E-state index contributed by atoms with van der Waals surface area (Å²) in [5.74, 6) is -0.967. The van der Waals surface area contributed by atoms with E-state index in [0.29, 0.717) is 12.1 Å². The fourth-order valence-corrected chi connectivity index (χ4v) is 7.98. The summed E-state index contributed by atoms with van der Waals surface area (Å²) in [5.41, 5.74) is 1.45. The third-order valence-corrected chi connectivity index (χ3v) is 9.99. The molecule has 1 saturated heterocycles. The van der Waals surface area contributed by atoms with E-state index in [-0.39, 0.29) is 24.3 Å². The number of nitrogens with zero attached hydrogens (tertiary/aromatic N) is 2. The number of furan rings is 1. The van der Waals surface area contributed by atoms with Crippen molar-refractivity contribution in [3.05, 3.63) is 36.1 Å². The van der Waals surface area contributed by atoms with Gasteiger partial charge in [-0.25, -0.2) is 17.7 Å². The number of carbonyl (C=O) groups is 1. The second-order valence-corrected chi connectivity index (χ2v) is 11.7. The Balaban J connectivity index is 1.36. The predicted molar refractivity (Wildman–Crippen MR) is 131 cm³/mol. The summed E-state index contributed by atoms with van der Waals surface area (Å²) in [4.78, 5) is 12.5. The highest BCUT2D eigenvalue weighted by Crippen LogP contribution is 2.32. The van der Waals surface area contributed by atoms with Gasteiger partial charge in [-0.2, -0.15) is 0 Å². The first kappa shape index (κ1) is 25.0. The van der Waals surface area contributed by atoms with Gasteiger partial charge in [-0.15, -0.1) is 0 Å². The lowest BCUT2D eigenvalue weighted by Gasteiger charge is -2.34. The molecule has 2 aliphatic rings. The van der Waals surface area contributed by atoms with E-state index in [2.05, 4.69) is 9.68 Å². The van der Waals surface area contributed by atoms with Gasteiger partial charge in [0.25, 0.3) is 0 Å². The average molecular weight is 491 g/mol. The molecule has 1 saturated carbocycles. The summed E-state index contributed by atoms with van der Waals surface area (Å²) in [6.45, 7) is 0.752. The zero-order chi connectivity index (χ0) is 24.1. The lowest BCUT2D eigenvalue weighted by atomic mass is 9.76. The van der Waals surface area contributed by atoms with Crippen LogP contribution in [0.5, 0.6) is 0 Å². The van der Waals surface area contributed by atoms with E-state index >= 15 is 0 Å². The van der Waals surface area contributed by atoms with E-state index in [1.54, 1.807) is 13.3 Å². The van der Waals surface area contributed by atoms with E-state index in [1.165, 1.54) is 6.42 Å². The molecule has 1 unspecified atom stereocenters. The molecule has 34 heavy (non-hydrogen) atoms. The van der Waals surface area contributed by atoms with Gasteiger partial charge in [0.1, 0.15) is 22.1 Å². The molecule has 3 atom stereocenters. The smallest absolute Gasteiger partial charge is 0.464 e. The predicted octanol–water partition coefficient (Wildman–Crippen LogP) is 2.89. The Morgan fingerprint density at radius 3 is 2.76 bits per heavy atom. The van der Waals surface area contributed by atoms with Gasteiger partial charge in [-0.1, -0.05) is 37.5 Å². The number of amides is 1. The Kier molecular flexibility index (Phi) is 8.18. The Bertz CT molecular complexity index is 1090. The van der Waals surface area contributed by atoms with Crippen LogP contribution in [0.3, 0.4) is 0 Å². The van der Waals surface area contributed by atoms with Gasteiger partial charge in [0.15, 0.2) is 0 Å². The standard InChI is InChI=1S/C23H34BN3O6S/c1-25-34(31,19-9-3-2-4-10-19)27-13-7-8-18(27)16-33-23(28)26-22(24(29)30)14-17-15-32-21-12-6-5-11-20(17)21/h5-6,11-12,15,18-19,22,29-30H,2-4,7-10,13-14,16H2,1H3,(H,26,28)/t18-,22+,34?/m1/s1. The van der Waals surface area contributed by atoms with Gasteiger partial charge in [0.05, 0.1) is 23.5 Å². The van der Waals surface area contributed by atoms with E-state index in [1.807, 2.05) is 28.6 Å². The van der Waals surface area contributed by atoms with Gasteiger partial charge in [0.2, 0.25) is 0 Å². The van der Waals surface area contributed by atoms with Crippen LogP contribution in [0, 0.1) is 0 Å². The molecule has 2 fully saturated rings. The van der Waals surface area contributed by atoms with Crippen molar-refractivity contribution in [2.24, 2.45) is 4.36 Å². The number of benzene rings is 1. The number of fused-ring (bicyclic) bond motifs is 1. The summed E-state index contributed by atoms with van der Waals surface area (Å²) in [7, 11) is -2.68. The molecule has 11 heteroatoms. The largest absolute Gasteiger partial charge is 0.475 e. The maximum absolute atomic E-state index is 13.8. The number of carbonyl (C=O) groups excluding carboxylic acids is 1. The first-order valence-corrected chi connectivity index (χ1v) is 13.6. The molecular formula is C23H34BN3O6S. The molecule has 1 amide bonds. The maximum Gasteiger partial charge on any atom is 0.475 e. The van der Waals surface area contributed by atoms with Crippen molar-refractivity contribution in [3.8, 4) is 0 Å². The minimum atomic E-state index is -2.54. The van der Waals surface area contributed by atoms with E-state index in [4.69, 9.17) is 9.15 Å². The van der Waals surface area contributed by atoms with Crippen molar-refractivity contribution in [2.45, 2.75) is 68.6 Å². The molecular weight excluding hydrogens is 457 g/mol. The van der Waals surface area contributed by atoms with Crippen LogP contribution in [-0.2, 0) is 21.1 Å². The highest BCUT2D eigenvalue weighted by atomic mass is 32.2. The fourth-order valence-electron chi connectivity index (χ4n) is 5.16. The number of hydrogen-bond donors (Lipinski definition) is 3. The average Bonchev–Trinajstić information content (AvgIpc) is 3.50. The van der Waals surface area contributed by atoms with E-state index in [9.17, 15) is 19.1 Å². The van der Waals surface area contributed by atoms with Crippen LogP contribution in [0.2, 0.25) is 0 Å². The van der Waals surface area contributed by atoms with Crippen LogP contribution in [0.4, 0.5) is 4.79 Å². The molecule has 4 rings (SSSR count). The third kappa shape index (κ3) is 5.43. The van der Waals surface area contributed by atoms with Crippen molar-refractivity contribution in [2.75, 3.05) is 20.2 Å². The number of ether oxygens (including phenoxy) is 1. The number of nitrogens with one attached hydrogen (secondary N) is 1. The van der Waals surface area contributed by atoms with Crippen LogP contribution in [0.15, 0.2) is 39.3 Å². The fraction of sp³-hybridized carbons (Fsp3) is 0.609. The van der Waals surface area contributed by atoms with Gasteiger partial charge in [0, 0.05) is 19.0 Å². The number of hydrogen-bond acceptors (Lipinski definition) is 7. The molecule has 0 bridgehead atoms. The van der Waals surface area contributed by atoms with E-state index in [0.717, 1.165) is 49.5 Å². The van der Waals surface area contributed by atoms with Crippen LogP contribution in [0.25, 0.3) is 11.0 Å². The molecule has 0 spiro atoms. The monoisotopic (exact) mass is 491 g/mol. The molecule has 2 aromatic rings. The van der Waals surface area contributed by atoms with Crippen molar-refractivity contribution in [1.82, 2.24) is 9.62 Å². The van der Waals surface area contributed by atoms with Crippen molar-refractivity contribution in [3.63, 3.8) is 0 Å². The highest BCUT2D eigenvalue weighted by molar-refractivity contribution is 7.92. The van der Waals surface area contributed by atoms with Gasteiger partial charge >= 0.3 is 13.2 Å². The van der Waals surface area contributed by atoms with Crippen LogP contribution < -0.4 is 5.32 Å². The Labute approximate surface area is 201 Å². The normalized spacial score (nSPS) is 22.3. The lowest BCUT2D eigenvalue weighted by Crippen LogP contribution is -2.49. The highest BCUT2D eigenvalue weighted by Gasteiger charge is 2.38. The SMILES string of the molecule is CN=S(=O)(C1CCCCC1)N1CCC[C@@H]1COC(=O)N[C@@H](Cc1coc2ccccc12)B(O)O. The lowest BCUT2D eigenvalue weighted by molar-refractivity contribution is 0.123. The molecule has 1 aliphatic heterocycles. The Hall–Kier alpha value is -2.08. The first-order chi connectivity index (χ1) is 16.4. The summed E-state index contributed by atoms with van der Waals surface area (Å²) in [5, 5.41) is 23.1. The minimum absolute atomic E-state index is 0.0550. The van der Waals surface area contributed by atoms with Gasteiger partial charge in [-0.3, -0.25) is 0 Å². The maximum atomic E-state index is 13.8. The van der Waals surface area contributed by atoms with E-state index < -0.39 is 29.1 Å². The quantitative estimate of drug-likeness (QED) is 0.488. The zero-order valence-electron chi connectivity index (χ0n) is 19.6. The molecule has 2 heterocycles. The van der Waals surface area contributed by atoms with Crippen LogP contribution in [0.1, 0.15) is 50.5 Å². The molecule has 1 aliphatic carbocycles. The molecule has 9 nitrogen and oxygen atoms in total. The van der Waals surface area contributed by atoms with Crippen molar-refractivity contribution < 1.29 is 28.2 Å². The second kappa shape index (κ2) is 11.1. The van der Waals surface area contributed by atoms with Crippen molar-refractivity contribution in [1.29, 1.82) is 0 Å². The second-order valence-electron chi connectivity index (χ2n) is 9.14. The van der Waals surface area contributed by atoms with Gasteiger partial charge < -0.3 is 24.5 Å². The minimum Gasteiger partial charge on any atom is -0.464 e. The summed E-state index contributed by atoms with van der Waals surface area (Å²) in [6.07, 6.45) is 7.80. The number of rotatable bonds is 8. The third-order valence-electron chi connectivity index (χ3n) is 6.98. The summed E-state index contributed by atoms with van der Waals surface area (Å²) < 4.78 is 31.1.